The second kappa shape index (κ2) is 2.90. The van der Waals surface area contributed by atoms with E-state index in [0.29, 0.717) is 5.56 Å². The molecule has 53 valence electrons. The van der Waals surface area contributed by atoms with E-state index in [-0.39, 0.29) is 17.4 Å². The van der Waals surface area contributed by atoms with Crippen LogP contribution < -0.4 is 0 Å². The van der Waals surface area contributed by atoms with Gasteiger partial charge in [-0.3, -0.25) is 5.11 Å². The number of rotatable bonds is 1. The van der Waals surface area contributed by atoms with Gasteiger partial charge in [-0.2, -0.15) is 0 Å². The van der Waals surface area contributed by atoms with E-state index < -0.39 is 0 Å². The predicted octanol–water partition coefficient (Wildman–Crippen LogP) is 1.98. The van der Waals surface area contributed by atoms with Crippen molar-refractivity contribution in [1.29, 1.82) is 0 Å². The molecule has 10 heavy (non-hydrogen) atoms. The van der Waals surface area contributed by atoms with E-state index in [9.17, 15) is 5.11 Å². The first-order valence-corrected chi connectivity index (χ1v) is 3.18. The van der Waals surface area contributed by atoms with Crippen molar-refractivity contribution in [3.63, 3.8) is 0 Å². The van der Waals surface area contributed by atoms with E-state index in [2.05, 4.69) is 0 Å². The van der Waals surface area contributed by atoms with Crippen molar-refractivity contribution >= 4 is 11.6 Å². The molecule has 0 saturated carbocycles. The van der Waals surface area contributed by atoms with E-state index in [4.69, 9.17) is 16.7 Å². The Bertz CT molecular complexity index is 235. The molecule has 0 spiro atoms. The molecule has 0 aliphatic carbocycles. The van der Waals surface area contributed by atoms with E-state index in [1.54, 1.807) is 6.07 Å². The van der Waals surface area contributed by atoms with Gasteiger partial charge < -0.3 is 5.11 Å². The Hall–Kier alpha value is -0.730. The zero-order chi connectivity index (χ0) is 7.56. The van der Waals surface area contributed by atoms with Gasteiger partial charge in [0.05, 0.1) is 11.6 Å². The van der Waals surface area contributed by atoms with Crippen LogP contribution in [-0.2, 0) is 11.7 Å². The van der Waals surface area contributed by atoms with Crippen LogP contribution >= 0.6 is 11.6 Å². The molecule has 1 aromatic carbocycles. The Kier molecular flexibility index (Phi) is 2.14. The molecule has 0 aromatic heterocycles. The summed E-state index contributed by atoms with van der Waals surface area (Å²) in [5.41, 5.74) is 0.657. The second-order valence-corrected chi connectivity index (χ2v) is 2.33. The molecule has 0 aliphatic heterocycles. The summed E-state index contributed by atoms with van der Waals surface area (Å²) < 4.78 is 0. The number of aliphatic hydroxyl groups is 1. The molecule has 1 rings (SSSR count). The summed E-state index contributed by atoms with van der Waals surface area (Å²) in [5.74, 6) is -0.209. The standard InChI is InChI=1S/C7H6ClO2/c8-6-3-5(4-9)1-2-7(6)10/h1-3,9H,4H2. The fourth-order valence-electron chi connectivity index (χ4n) is 0.643. The molecule has 0 saturated heterocycles. The van der Waals surface area contributed by atoms with Crippen LogP contribution in [0.15, 0.2) is 18.2 Å². The molecule has 0 bridgehead atoms. The van der Waals surface area contributed by atoms with Gasteiger partial charge in [0, 0.05) is 0 Å². The zero-order valence-corrected chi connectivity index (χ0v) is 5.93. The van der Waals surface area contributed by atoms with Gasteiger partial charge in [-0.25, -0.2) is 0 Å². The fourth-order valence-corrected chi connectivity index (χ4v) is 0.846. The summed E-state index contributed by atoms with van der Waals surface area (Å²) in [6.45, 7) is -0.0833. The first kappa shape index (κ1) is 7.38. The molecular formula is C7H6ClO2. The van der Waals surface area contributed by atoms with Gasteiger partial charge in [-0.15, -0.1) is 0 Å². The van der Waals surface area contributed by atoms with Crippen molar-refractivity contribution in [3.8, 4) is 5.75 Å². The topological polar surface area (TPSA) is 40.1 Å². The van der Waals surface area contributed by atoms with Crippen LogP contribution in [0.25, 0.3) is 0 Å². The van der Waals surface area contributed by atoms with Gasteiger partial charge in [-0.1, -0.05) is 17.7 Å². The predicted molar refractivity (Wildman–Crippen MR) is 37.5 cm³/mol. The Morgan fingerprint density at radius 3 is 2.70 bits per heavy atom. The van der Waals surface area contributed by atoms with Crippen LogP contribution in [0.2, 0.25) is 5.02 Å². The second-order valence-electron chi connectivity index (χ2n) is 1.92. The Labute approximate surface area is 63.7 Å². The van der Waals surface area contributed by atoms with Gasteiger partial charge >= 0.3 is 0 Å². The highest BCUT2D eigenvalue weighted by atomic mass is 35.5. The van der Waals surface area contributed by atoms with Crippen molar-refractivity contribution < 1.29 is 10.2 Å². The first-order valence-electron chi connectivity index (χ1n) is 2.80. The molecule has 0 atom stereocenters. The molecule has 0 fully saturated rings. The molecule has 2 nitrogen and oxygen atoms in total. The number of aliphatic hydroxyl groups excluding tert-OH is 1. The number of halogens is 1. The van der Waals surface area contributed by atoms with Gasteiger partial charge in [0.15, 0.2) is 5.75 Å². The minimum absolute atomic E-state index is 0.0833. The highest BCUT2D eigenvalue weighted by Crippen LogP contribution is 2.23. The van der Waals surface area contributed by atoms with Crippen molar-refractivity contribution in [2.75, 3.05) is 0 Å². The molecule has 0 heterocycles. The molecule has 1 N–H and O–H groups in total. The lowest BCUT2D eigenvalue weighted by Crippen LogP contribution is -1.80. The average Bonchev–Trinajstić information content (AvgIpc) is 1.95. The molecule has 0 amide bonds. The van der Waals surface area contributed by atoms with Gasteiger partial charge in [0.1, 0.15) is 0 Å². The monoisotopic (exact) mass is 157 g/mol. The minimum Gasteiger partial charge on any atom is -0.392 e. The van der Waals surface area contributed by atoms with E-state index in [0.717, 1.165) is 0 Å². The molecule has 1 aromatic rings. The maximum absolute atomic E-state index is 10.7. The molecule has 0 aliphatic rings. The van der Waals surface area contributed by atoms with E-state index in [1.807, 2.05) is 0 Å². The van der Waals surface area contributed by atoms with Crippen LogP contribution in [0.5, 0.6) is 5.75 Å². The number of benzene rings is 1. The minimum atomic E-state index is -0.209. The Balaban J connectivity index is 3.04. The third-order valence-electron chi connectivity index (χ3n) is 1.18. The maximum atomic E-state index is 10.7. The third kappa shape index (κ3) is 1.40. The lowest BCUT2D eigenvalue weighted by atomic mass is 10.2. The lowest BCUT2D eigenvalue weighted by molar-refractivity contribution is 0.281. The van der Waals surface area contributed by atoms with Crippen LogP contribution in [0.1, 0.15) is 5.56 Å². The summed E-state index contributed by atoms with van der Waals surface area (Å²) in [6, 6.07) is 4.35. The smallest absolute Gasteiger partial charge is 0.197 e. The largest absolute Gasteiger partial charge is 0.392 e. The highest BCUT2D eigenvalue weighted by molar-refractivity contribution is 6.32. The molecule has 0 unspecified atom stereocenters. The van der Waals surface area contributed by atoms with Crippen LogP contribution in [0.3, 0.4) is 0 Å². The summed E-state index contributed by atoms with van der Waals surface area (Å²) in [5, 5.41) is 19.4. The summed E-state index contributed by atoms with van der Waals surface area (Å²) >= 11 is 5.47. The summed E-state index contributed by atoms with van der Waals surface area (Å²) in [4.78, 5) is 0. The summed E-state index contributed by atoms with van der Waals surface area (Å²) in [7, 11) is 0. The van der Waals surface area contributed by atoms with Crippen molar-refractivity contribution in [2.45, 2.75) is 6.61 Å². The first-order chi connectivity index (χ1) is 4.74. The Morgan fingerprint density at radius 2 is 2.20 bits per heavy atom. The van der Waals surface area contributed by atoms with Crippen molar-refractivity contribution in [3.05, 3.63) is 28.8 Å². The number of hydrogen-bond donors (Lipinski definition) is 1. The van der Waals surface area contributed by atoms with Gasteiger partial charge in [-0.05, 0) is 17.7 Å². The number of hydrogen-bond acceptors (Lipinski definition) is 1. The SMILES string of the molecule is [O]c1ccc(CO)cc1Cl. The van der Waals surface area contributed by atoms with Crippen LogP contribution in [0, 0.1) is 0 Å². The molecule has 3 heteroatoms. The fraction of sp³-hybridized carbons (Fsp3) is 0.143. The van der Waals surface area contributed by atoms with Gasteiger partial charge in [0.25, 0.3) is 0 Å². The van der Waals surface area contributed by atoms with Gasteiger partial charge in [0.2, 0.25) is 0 Å². The normalized spacial score (nSPS) is 9.80. The van der Waals surface area contributed by atoms with E-state index in [1.165, 1.54) is 12.1 Å². The Morgan fingerprint density at radius 1 is 1.50 bits per heavy atom. The highest BCUT2D eigenvalue weighted by Gasteiger charge is 1.99. The summed E-state index contributed by atoms with van der Waals surface area (Å²) in [6.07, 6.45) is 0. The van der Waals surface area contributed by atoms with Crippen molar-refractivity contribution in [2.24, 2.45) is 0 Å². The van der Waals surface area contributed by atoms with Crippen LogP contribution in [-0.4, -0.2) is 5.11 Å². The molecular weight excluding hydrogens is 152 g/mol. The maximum Gasteiger partial charge on any atom is 0.197 e. The average molecular weight is 158 g/mol. The zero-order valence-electron chi connectivity index (χ0n) is 5.17. The lowest BCUT2D eigenvalue weighted by Gasteiger charge is -1.95. The molecule has 1 radical (unpaired) electrons. The van der Waals surface area contributed by atoms with Crippen LogP contribution in [0.4, 0.5) is 0 Å². The third-order valence-corrected chi connectivity index (χ3v) is 1.47. The van der Waals surface area contributed by atoms with Crippen molar-refractivity contribution in [1.82, 2.24) is 0 Å². The quantitative estimate of drug-likeness (QED) is 0.665. The van der Waals surface area contributed by atoms with E-state index >= 15 is 0 Å².